The van der Waals surface area contributed by atoms with E-state index in [0.717, 1.165) is 0 Å². The third-order valence-corrected chi connectivity index (χ3v) is 4.35. The van der Waals surface area contributed by atoms with Gasteiger partial charge < -0.3 is 5.73 Å². The van der Waals surface area contributed by atoms with E-state index in [1.807, 2.05) is 6.07 Å². The Hall–Kier alpha value is -2.52. The second-order valence-corrected chi connectivity index (χ2v) is 5.91. The minimum atomic E-state index is -3.78. The molecular weight excluding hydrogens is 274 g/mol. The Morgan fingerprint density at radius 3 is 2.55 bits per heavy atom. The van der Waals surface area contributed by atoms with Crippen molar-refractivity contribution in [2.24, 2.45) is 0 Å². The van der Waals surface area contributed by atoms with Gasteiger partial charge in [-0.15, -0.1) is 0 Å². The lowest BCUT2D eigenvalue weighted by Gasteiger charge is -2.12. The van der Waals surface area contributed by atoms with Gasteiger partial charge in [0.25, 0.3) is 10.0 Å². The van der Waals surface area contributed by atoms with E-state index in [0.29, 0.717) is 16.8 Å². The zero-order valence-corrected chi connectivity index (χ0v) is 11.6. The molecule has 5 nitrogen and oxygen atoms in total. The Balaban J connectivity index is 2.44. The largest absolute Gasteiger partial charge is 0.398 e. The predicted octanol–water partition coefficient (Wildman–Crippen LogP) is 2.25. The molecule has 0 saturated heterocycles. The number of hydrogen-bond acceptors (Lipinski definition) is 4. The van der Waals surface area contributed by atoms with E-state index in [2.05, 4.69) is 4.72 Å². The summed E-state index contributed by atoms with van der Waals surface area (Å²) in [5, 5.41) is 8.82. The van der Waals surface area contributed by atoms with Crippen molar-refractivity contribution in [2.45, 2.75) is 11.8 Å². The van der Waals surface area contributed by atoms with E-state index in [1.165, 1.54) is 12.1 Å². The van der Waals surface area contributed by atoms with Crippen LogP contribution in [0.1, 0.15) is 11.1 Å². The number of benzene rings is 2. The molecule has 0 amide bonds. The highest BCUT2D eigenvalue weighted by molar-refractivity contribution is 7.93. The average Bonchev–Trinajstić information content (AvgIpc) is 2.37. The maximum Gasteiger partial charge on any atom is 0.264 e. The topological polar surface area (TPSA) is 96.0 Å². The minimum Gasteiger partial charge on any atom is -0.398 e. The second kappa shape index (κ2) is 5.23. The molecule has 2 aromatic carbocycles. The molecule has 0 aliphatic carbocycles. The van der Waals surface area contributed by atoms with Gasteiger partial charge in [0.05, 0.1) is 23.0 Å². The van der Waals surface area contributed by atoms with Crippen molar-refractivity contribution in [1.29, 1.82) is 5.26 Å². The molecule has 0 bridgehead atoms. The van der Waals surface area contributed by atoms with E-state index in [-0.39, 0.29) is 10.6 Å². The van der Waals surface area contributed by atoms with Gasteiger partial charge in [-0.25, -0.2) is 8.42 Å². The Kier molecular flexibility index (Phi) is 3.63. The van der Waals surface area contributed by atoms with Crippen molar-refractivity contribution in [2.75, 3.05) is 10.5 Å². The van der Waals surface area contributed by atoms with Crippen LogP contribution in [0, 0.1) is 18.3 Å². The first-order chi connectivity index (χ1) is 9.44. The lowest BCUT2D eigenvalue weighted by atomic mass is 10.2. The van der Waals surface area contributed by atoms with Crippen LogP contribution in [0.25, 0.3) is 0 Å². The van der Waals surface area contributed by atoms with Crippen LogP contribution >= 0.6 is 0 Å². The lowest BCUT2D eigenvalue weighted by molar-refractivity contribution is 0.601. The number of sulfonamides is 1. The molecule has 6 heteroatoms. The molecule has 0 spiro atoms. The van der Waals surface area contributed by atoms with Gasteiger partial charge in [-0.1, -0.05) is 18.2 Å². The maximum absolute atomic E-state index is 12.4. The fourth-order valence-corrected chi connectivity index (χ4v) is 3.31. The molecule has 2 aromatic rings. The third-order valence-electron chi connectivity index (χ3n) is 2.75. The summed E-state index contributed by atoms with van der Waals surface area (Å²) in [5.41, 5.74) is 7.20. The van der Waals surface area contributed by atoms with Crippen molar-refractivity contribution < 1.29 is 8.42 Å². The second-order valence-electron chi connectivity index (χ2n) is 4.29. The zero-order chi connectivity index (χ0) is 14.8. The number of nitrogens with zero attached hydrogens (tertiary/aromatic N) is 1. The van der Waals surface area contributed by atoms with E-state index in [1.54, 1.807) is 37.3 Å². The quantitative estimate of drug-likeness (QED) is 0.846. The first kappa shape index (κ1) is 13.9. The van der Waals surface area contributed by atoms with Crippen LogP contribution in [0.5, 0.6) is 0 Å². The number of hydrogen-bond donors (Lipinski definition) is 2. The molecule has 0 heterocycles. The standard InChI is InChI=1S/C14H13N3O2S/c1-10-4-2-7-13(16)14(10)20(18,19)17-12-6-3-5-11(8-12)9-15/h2-8,17H,16H2,1H3. The maximum atomic E-state index is 12.4. The molecule has 2 rings (SSSR count). The van der Waals surface area contributed by atoms with Crippen LogP contribution < -0.4 is 10.5 Å². The molecule has 20 heavy (non-hydrogen) atoms. The van der Waals surface area contributed by atoms with Crippen LogP contribution in [0.4, 0.5) is 11.4 Å². The van der Waals surface area contributed by atoms with Gasteiger partial charge >= 0.3 is 0 Å². The van der Waals surface area contributed by atoms with E-state index < -0.39 is 10.0 Å². The van der Waals surface area contributed by atoms with E-state index >= 15 is 0 Å². The predicted molar refractivity (Wildman–Crippen MR) is 77.6 cm³/mol. The summed E-state index contributed by atoms with van der Waals surface area (Å²) in [7, 11) is -3.78. The van der Waals surface area contributed by atoms with Gasteiger partial charge in [0.1, 0.15) is 4.90 Å². The monoisotopic (exact) mass is 287 g/mol. The summed E-state index contributed by atoms with van der Waals surface area (Å²) < 4.78 is 27.2. The summed E-state index contributed by atoms with van der Waals surface area (Å²) in [4.78, 5) is 0.0577. The lowest BCUT2D eigenvalue weighted by Crippen LogP contribution is -2.16. The molecule has 0 aromatic heterocycles. The van der Waals surface area contributed by atoms with Gasteiger partial charge in [0.15, 0.2) is 0 Å². The van der Waals surface area contributed by atoms with Gasteiger partial charge in [-0.05, 0) is 36.8 Å². The first-order valence-corrected chi connectivity index (χ1v) is 7.30. The molecule has 0 fully saturated rings. The van der Waals surface area contributed by atoms with Crippen molar-refractivity contribution in [3.63, 3.8) is 0 Å². The normalized spacial score (nSPS) is 10.8. The summed E-state index contributed by atoms with van der Waals surface area (Å²) in [5.74, 6) is 0. The SMILES string of the molecule is Cc1cccc(N)c1S(=O)(=O)Nc1cccc(C#N)c1. The summed E-state index contributed by atoms with van der Waals surface area (Å²) in [6.45, 7) is 1.68. The molecule has 0 radical (unpaired) electrons. The molecule has 0 aliphatic rings. The first-order valence-electron chi connectivity index (χ1n) is 5.82. The number of anilines is 2. The van der Waals surface area contributed by atoms with Crippen molar-refractivity contribution in [1.82, 2.24) is 0 Å². The average molecular weight is 287 g/mol. The van der Waals surface area contributed by atoms with Crippen LogP contribution in [0.15, 0.2) is 47.4 Å². The Labute approximate surface area is 117 Å². The Morgan fingerprint density at radius 1 is 1.20 bits per heavy atom. The number of rotatable bonds is 3. The van der Waals surface area contributed by atoms with Crippen LogP contribution in [-0.4, -0.2) is 8.42 Å². The van der Waals surface area contributed by atoms with Crippen LogP contribution in [0.2, 0.25) is 0 Å². The van der Waals surface area contributed by atoms with E-state index in [4.69, 9.17) is 11.0 Å². The Morgan fingerprint density at radius 2 is 1.90 bits per heavy atom. The summed E-state index contributed by atoms with van der Waals surface area (Å²) in [6, 6.07) is 13.1. The highest BCUT2D eigenvalue weighted by Crippen LogP contribution is 2.25. The van der Waals surface area contributed by atoms with Gasteiger partial charge in [0.2, 0.25) is 0 Å². The summed E-state index contributed by atoms with van der Waals surface area (Å²) in [6.07, 6.45) is 0. The molecule has 3 N–H and O–H groups in total. The van der Waals surface area contributed by atoms with Crippen molar-refractivity contribution in [3.8, 4) is 6.07 Å². The molecule has 0 aliphatic heterocycles. The molecular formula is C14H13N3O2S. The number of nitrogen functional groups attached to an aromatic ring is 1. The van der Waals surface area contributed by atoms with Gasteiger partial charge in [0, 0.05) is 0 Å². The van der Waals surface area contributed by atoms with Crippen molar-refractivity contribution >= 4 is 21.4 Å². The highest BCUT2D eigenvalue weighted by atomic mass is 32.2. The third kappa shape index (κ3) is 2.73. The number of nitriles is 1. The fourth-order valence-electron chi connectivity index (χ4n) is 1.90. The van der Waals surface area contributed by atoms with Gasteiger partial charge in [-0.3, -0.25) is 4.72 Å². The zero-order valence-electron chi connectivity index (χ0n) is 10.8. The number of nitrogens with two attached hydrogens (primary N) is 1. The smallest absolute Gasteiger partial charge is 0.264 e. The Bertz CT molecular complexity index is 772. The molecule has 0 atom stereocenters. The molecule has 0 unspecified atom stereocenters. The minimum absolute atomic E-state index is 0.0577. The van der Waals surface area contributed by atoms with Crippen LogP contribution in [-0.2, 0) is 10.0 Å². The fraction of sp³-hybridized carbons (Fsp3) is 0.0714. The van der Waals surface area contributed by atoms with Gasteiger partial charge in [-0.2, -0.15) is 5.26 Å². The summed E-state index contributed by atoms with van der Waals surface area (Å²) >= 11 is 0. The van der Waals surface area contributed by atoms with Crippen molar-refractivity contribution in [3.05, 3.63) is 53.6 Å². The highest BCUT2D eigenvalue weighted by Gasteiger charge is 2.20. The molecule has 0 saturated carbocycles. The number of nitrogens with one attached hydrogen (secondary N) is 1. The van der Waals surface area contributed by atoms with Crippen LogP contribution in [0.3, 0.4) is 0 Å². The molecule has 102 valence electrons. The number of aryl methyl sites for hydroxylation is 1. The van der Waals surface area contributed by atoms with E-state index in [9.17, 15) is 8.42 Å².